The van der Waals surface area contributed by atoms with Crippen LogP contribution in [0.1, 0.15) is 10.4 Å². The summed E-state index contributed by atoms with van der Waals surface area (Å²) in [6, 6.07) is 5.88. The van der Waals surface area contributed by atoms with Crippen molar-refractivity contribution in [3.63, 3.8) is 0 Å². The Balaban J connectivity index is 2.27. The second-order valence-electron chi connectivity index (χ2n) is 4.01. The minimum atomic E-state index is -0.513. The minimum Gasteiger partial charge on any atom is -0.507 e. The molecule has 18 heavy (non-hydrogen) atoms. The monoisotopic (exact) mass is 265 g/mol. The van der Waals surface area contributed by atoms with Crippen molar-refractivity contribution in [2.45, 2.75) is 6.04 Å². The molecule has 1 unspecified atom stereocenters. The summed E-state index contributed by atoms with van der Waals surface area (Å²) in [5, 5.41) is 22.1. The molecular weight excluding hydrogens is 254 g/mol. The zero-order chi connectivity index (χ0) is 13.1. The van der Waals surface area contributed by atoms with E-state index in [1.54, 1.807) is 0 Å². The standard InChI is InChI=1S/C12H12ClN3O2/c13-8-1-2-10(11(17)5-8)12(18)16-4-3-15-7-9(16)6-14/h1-2,5,9,15,17H,3-4,7H2. The van der Waals surface area contributed by atoms with Gasteiger partial charge < -0.3 is 15.3 Å². The van der Waals surface area contributed by atoms with E-state index in [-0.39, 0.29) is 17.2 Å². The molecule has 94 valence electrons. The van der Waals surface area contributed by atoms with E-state index in [0.29, 0.717) is 24.7 Å². The van der Waals surface area contributed by atoms with Gasteiger partial charge in [-0.25, -0.2) is 0 Å². The molecule has 2 N–H and O–H groups in total. The van der Waals surface area contributed by atoms with Crippen LogP contribution in [0.25, 0.3) is 0 Å². The van der Waals surface area contributed by atoms with Crippen LogP contribution in [0.3, 0.4) is 0 Å². The number of phenolic OH excluding ortho intramolecular Hbond substituents is 1. The molecule has 2 rings (SSSR count). The highest BCUT2D eigenvalue weighted by atomic mass is 35.5. The number of hydrogen-bond donors (Lipinski definition) is 2. The lowest BCUT2D eigenvalue weighted by atomic mass is 10.1. The molecule has 0 radical (unpaired) electrons. The summed E-state index contributed by atoms with van der Waals surface area (Å²) in [5.74, 6) is -0.514. The first-order valence-corrected chi connectivity index (χ1v) is 5.91. The van der Waals surface area contributed by atoms with Gasteiger partial charge in [-0.2, -0.15) is 5.26 Å². The van der Waals surface area contributed by atoms with Crippen LogP contribution in [0, 0.1) is 11.3 Å². The normalized spacial score (nSPS) is 19.3. The Morgan fingerprint density at radius 2 is 2.39 bits per heavy atom. The van der Waals surface area contributed by atoms with Gasteiger partial charge in [0, 0.05) is 24.7 Å². The molecule has 6 heteroatoms. The van der Waals surface area contributed by atoms with E-state index in [1.165, 1.54) is 23.1 Å². The maximum absolute atomic E-state index is 12.2. The molecule has 1 aliphatic rings. The maximum Gasteiger partial charge on any atom is 0.258 e. The lowest BCUT2D eigenvalue weighted by molar-refractivity contribution is 0.0684. The largest absolute Gasteiger partial charge is 0.507 e. The lowest BCUT2D eigenvalue weighted by Gasteiger charge is -2.32. The number of nitrogens with one attached hydrogen (secondary N) is 1. The number of nitrogens with zero attached hydrogens (tertiary/aromatic N) is 2. The molecule has 0 spiro atoms. The van der Waals surface area contributed by atoms with Gasteiger partial charge in [0.15, 0.2) is 0 Å². The SMILES string of the molecule is N#CC1CNCCN1C(=O)c1ccc(Cl)cc1O. The molecule has 1 heterocycles. The van der Waals surface area contributed by atoms with Gasteiger partial charge in [-0.1, -0.05) is 11.6 Å². The summed E-state index contributed by atoms with van der Waals surface area (Å²) < 4.78 is 0. The first-order chi connectivity index (χ1) is 8.63. The van der Waals surface area contributed by atoms with E-state index < -0.39 is 6.04 Å². The van der Waals surface area contributed by atoms with Crippen LogP contribution in [0.4, 0.5) is 0 Å². The van der Waals surface area contributed by atoms with Crippen molar-refractivity contribution >= 4 is 17.5 Å². The smallest absolute Gasteiger partial charge is 0.258 e. The van der Waals surface area contributed by atoms with Crippen LogP contribution >= 0.6 is 11.6 Å². The third-order valence-corrected chi connectivity index (χ3v) is 3.08. The van der Waals surface area contributed by atoms with E-state index in [4.69, 9.17) is 16.9 Å². The van der Waals surface area contributed by atoms with Crippen molar-refractivity contribution in [3.05, 3.63) is 28.8 Å². The molecule has 1 aromatic carbocycles. The number of aromatic hydroxyl groups is 1. The van der Waals surface area contributed by atoms with Gasteiger partial charge >= 0.3 is 0 Å². The fourth-order valence-corrected chi connectivity index (χ4v) is 2.07. The van der Waals surface area contributed by atoms with E-state index in [0.717, 1.165) is 0 Å². The van der Waals surface area contributed by atoms with Gasteiger partial charge in [0.05, 0.1) is 11.6 Å². The Hall–Kier alpha value is -1.77. The van der Waals surface area contributed by atoms with Crippen LogP contribution in [-0.4, -0.2) is 41.6 Å². The number of phenols is 1. The van der Waals surface area contributed by atoms with Crippen molar-refractivity contribution in [2.24, 2.45) is 0 Å². The Morgan fingerprint density at radius 1 is 1.61 bits per heavy atom. The van der Waals surface area contributed by atoms with Crippen LogP contribution in [0.5, 0.6) is 5.75 Å². The van der Waals surface area contributed by atoms with Gasteiger partial charge in [0.25, 0.3) is 5.91 Å². The summed E-state index contributed by atoms with van der Waals surface area (Å²) in [7, 11) is 0. The minimum absolute atomic E-state index is 0.164. The number of carbonyl (C=O) groups excluding carboxylic acids is 1. The maximum atomic E-state index is 12.2. The molecule has 1 amide bonds. The molecule has 0 aliphatic carbocycles. The van der Waals surface area contributed by atoms with Crippen molar-refractivity contribution in [2.75, 3.05) is 19.6 Å². The average Bonchev–Trinajstić information content (AvgIpc) is 2.38. The molecule has 1 aliphatic heterocycles. The third-order valence-electron chi connectivity index (χ3n) is 2.84. The van der Waals surface area contributed by atoms with Gasteiger partial charge in [0.1, 0.15) is 11.8 Å². The Morgan fingerprint density at radius 3 is 3.06 bits per heavy atom. The van der Waals surface area contributed by atoms with Crippen molar-refractivity contribution in [3.8, 4) is 11.8 Å². The van der Waals surface area contributed by atoms with E-state index in [9.17, 15) is 9.90 Å². The van der Waals surface area contributed by atoms with E-state index >= 15 is 0 Å². The number of carbonyl (C=O) groups is 1. The summed E-state index contributed by atoms with van der Waals surface area (Å²) in [5.41, 5.74) is 0.168. The summed E-state index contributed by atoms with van der Waals surface area (Å²) in [6.45, 7) is 1.52. The fraction of sp³-hybridized carbons (Fsp3) is 0.333. The number of rotatable bonds is 1. The van der Waals surface area contributed by atoms with Gasteiger partial charge in [-0.15, -0.1) is 0 Å². The van der Waals surface area contributed by atoms with Gasteiger partial charge in [0.2, 0.25) is 0 Å². The molecule has 0 saturated carbocycles. The van der Waals surface area contributed by atoms with Crippen LogP contribution < -0.4 is 5.32 Å². The van der Waals surface area contributed by atoms with E-state index in [1.807, 2.05) is 0 Å². The summed E-state index contributed by atoms with van der Waals surface area (Å²) in [6.07, 6.45) is 0. The highest BCUT2D eigenvalue weighted by molar-refractivity contribution is 6.30. The van der Waals surface area contributed by atoms with Crippen molar-refractivity contribution < 1.29 is 9.90 Å². The summed E-state index contributed by atoms with van der Waals surface area (Å²) in [4.78, 5) is 13.7. The molecule has 0 aromatic heterocycles. The first-order valence-electron chi connectivity index (χ1n) is 5.53. The molecule has 1 saturated heterocycles. The van der Waals surface area contributed by atoms with E-state index in [2.05, 4.69) is 11.4 Å². The van der Waals surface area contributed by atoms with Crippen LogP contribution in [0.2, 0.25) is 5.02 Å². The predicted octanol–water partition coefficient (Wildman–Crippen LogP) is 0.983. The Kier molecular flexibility index (Phi) is 3.70. The highest BCUT2D eigenvalue weighted by Crippen LogP contribution is 2.24. The molecule has 1 aromatic rings. The second-order valence-corrected chi connectivity index (χ2v) is 4.45. The number of halogens is 1. The van der Waals surface area contributed by atoms with Crippen LogP contribution in [0.15, 0.2) is 18.2 Å². The Bertz CT molecular complexity index is 513. The number of piperazine rings is 1. The average molecular weight is 266 g/mol. The number of nitriles is 1. The zero-order valence-corrected chi connectivity index (χ0v) is 10.3. The molecular formula is C12H12ClN3O2. The fourth-order valence-electron chi connectivity index (χ4n) is 1.90. The quantitative estimate of drug-likeness (QED) is 0.794. The van der Waals surface area contributed by atoms with Crippen LogP contribution in [-0.2, 0) is 0 Å². The van der Waals surface area contributed by atoms with Crippen molar-refractivity contribution in [1.82, 2.24) is 10.2 Å². The predicted molar refractivity (Wildman–Crippen MR) is 66.4 cm³/mol. The second kappa shape index (κ2) is 5.25. The van der Waals surface area contributed by atoms with Gasteiger partial charge in [-0.3, -0.25) is 4.79 Å². The topological polar surface area (TPSA) is 76.4 Å². The zero-order valence-electron chi connectivity index (χ0n) is 9.56. The molecule has 0 bridgehead atoms. The molecule has 1 atom stereocenters. The lowest BCUT2D eigenvalue weighted by Crippen LogP contribution is -2.53. The Labute approximate surface area is 110 Å². The number of amides is 1. The number of hydrogen-bond acceptors (Lipinski definition) is 4. The third kappa shape index (κ3) is 2.40. The highest BCUT2D eigenvalue weighted by Gasteiger charge is 2.28. The molecule has 5 nitrogen and oxygen atoms in total. The molecule has 1 fully saturated rings. The van der Waals surface area contributed by atoms with Gasteiger partial charge in [-0.05, 0) is 18.2 Å². The number of benzene rings is 1. The van der Waals surface area contributed by atoms with Crippen molar-refractivity contribution in [1.29, 1.82) is 5.26 Å². The first kappa shape index (κ1) is 12.7. The summed E-state index contributed by atoms with van der Waals surface area (Å²) >= 11 is 5.72.